The summed E-state index contributed by atoms with van der Waals surface area (Å²) in [7, 11) is 0. The van der Waals surface area contributed by atoms with Gasteiger partial charge in [-0.3, -0.25) is 4.90 Å². The second-order valence-electron chi connectivity index (χ2n) is 5.16. The van der Waals surface area contributed by atoms with Crippen molar-refractivity contribution >= 4 is 6.09 Å². The quantitative estimate of drug-likeness (QED) is 0.744. The van der Waals surface area contributed by atoms with Crippen LogP contribution in [0, 0.1) is 0 Å². The molecule has 0 bridgehead atoms. The first-order valence-corrected chi connectivity index (χ1v) is 5.73. The van der Waals surface area contributed by atoms with Crippen molar-refractivity contribution in [1.29, 1.82) is 0 Å². The van der Waals surface area contributed by atoms with Crippen molar-refractivity contribution in [2.24, 2.45) is 0 Å². The van der Waals surface area contributed by atoms with E-state index in [-0.39, 0.29) is 18.7 Å². The van der Waals surface area contributed by atoms with Crippen LogP contribution in [0.15, 0.2) is 0 Å². The molecular formula is C11H22N2O3. The van der Waals surface area contributed by atoms with Gasteiger partial charge >= 0.3 is 6.09 Å². The highest BCUT2D eigenvalue weighted by molar-refractivity contribution is 5.68. The molecule has 0 radical (unpaired) electrons. The van der Waals surface area contributed by atoms with Gasteiger partial charge in [-0.25, -0.2) is 4.79 Å². The highest BCUT2D eigenvalue weighted by Gasteiger charge is 2.25. The topological polar surface area (TPSA) is 61.8 Å². The molecule has 0 aromatic heterocycles. The zero-order chi connectivity index (χ0) is 12.2. The lowest BCUT2D eigenvalue weighted by Gasteiger charge is -2.21. The molecule has 2 N–H and O–H groups in total. The van der Waals surface area contributed by atoms with Crippen LogP contribution in [0.4, 0.5) is 4.79 Å². The summed E-state index contributed by atoms with van der Waals surface area (Å²) in [5, 5.41) is 11.6. The van der Waals surface area contributed by atoms with E-state index in [2.05, 4.69) is 10.2 Å². The first kappa shape index (κ1) is 13.3. The van der Waals surface area contributed by atoms with Gasteiger partial charge < -0.3 is 15.2 Å². The molecule has 1 heterocycles. The number of hydrogen-bond acceptors (Lipinski definition) is 4. The van der Waals surface area contributed by atoms with Crippen LogP contribution >= 0.6 is 0 Å². The van der Waals surface area contributed by atoms with Crippen molar-refractivity contribution in [3.8, 4) is 0 Å². The number of likely N-dealkylation sites (tertiary alicyclic amines) is 1. The van der Waals surface area contributed by atoms with E-state index in [9.17, 15) is 4.79 Å². The third-order valence-corrected chi connectivity index (χ3v) is 2.41. The number of β-amino-alcohol motifs (C(OH)–C–C–N with tert-alkyl or cyclic N) is 1. The molecule has 94 valence electrons. The summed E-state index contributed by atoms with van der Waals surface area (Å²) >= 11 is 0. The van der Waals surface area contributed by atoms with Gasteiger partial charge in [0.05, 0.1) is 6.61 Å². The minimum Gasteiger partial charge on any atom is -0.444 e. The summed E-state index contributed by atoms with van der Waals surface area (Å²) in [6.07, 6.45) is 0.558. The number of aliphatic hydroxyl groups excluding tert-OH is 1. The predicted octanol–water partition coefficient (Wildman–Crippen LogP) is 0.578. The summed E-state index contributed by atoms with van der Waals surface area (Å²) in [6, 6.07) is 0.140. The van der Waals surface area contributed by atoms with Crippen molar-refractivity contribution in [2.75, 3.05) is 26.2 Å². The van der Waals surface area contributed by atoms with E-state index < -0.39 is 5.60 Å². The fourth-order valence-electron chi connectivity index (χ4n) is 1.77. The molecule has 16 heavy (non-hydrogen) atoms. The maximum Gasteiger partial charge on any atom is 0.407 e. The fourth-order valence-corrected chi connectivity index (χ4v) is 1.77. The molecule has 0 aromatic carbocycles. The standard InChI is InChI=1S/C11H22N2O3/c1-11(2,3)16-10(15)12-9-4-5-13(8-9)6-7-14/h9,14H,4-8H2,1-3H3,(H,12,15)/t9-/m1/s1. The third-order valence-electron chi connectivity index (χ3n) is 2.41. The van der Waals surface area contributed by atoms with Crippen LogP contribution in [0.1, 0.15) is 27.2 Å². The van der Waals surface area contributed by atoms with Gasteiger partial charge in [-0.1, -0.05) is 0 Å². The largest absolute Gasteiger partial charge is 0.444 e. The van der Waals surface area contributed by atoms with Crippen molar-refractivity contribution in [3.63, 3.8) is 0 Å². The summed E-state index contributed by atoms with van der Waals surface area (Å²) in [6.45, 7) is 8.09. The Kier molecular flexibility index (Phi) is 4.56. The van der Waals surface area contributed by atoms with E-state index in [1.807, 2.05) is 20.8 Å². The monoisotopic (exact) mass is 230 g/mol. The molecule has 1 amide bonds. The van der Waals surface area contributed by atoms with E-state index in [1.165, 1.54) is 0 Å². The Hall–Kier alpha value is -0.810. The average molecular weight is 230 g/mol. The first-order chi connectivity index (χ1) is 7.40. The van der Waals surface area contributed by atoms with Crippen LogP contribution < -0.4 is 5.32 Å². The summed E-state index contributed by atoms with van der Waals surface area (Å²) in [5.74, 6) is 0. The molecule has 1 fully saturated rings. The Morgan fingerprint density at radius 1 is 1.56 bits per heavy atom. The summed E-state index contributed by atoms with van der Waals surface area (Å²) in [5.41, 5.74) is -0.451. The average Bonchev–Trinajstić information content (AvgIpc) is 2.49. The molecule has 1 saturated heterocycles. The van der Waals surface area contributed by atoms with Crippen molar-refractivity contribution in [1.82, 2.24) is 10.2 Å². The highest BCUT2D eigenvalue weighted by Crippen LogP contribution is 2.11. The van der Waals surface area contributed by atoms with Crippen LogP contribution in [0.5, 0.6) is 0 Å². The number of hydrogen-bond donors (Lipinski definition) is 2. The van der Waals surface area contributed by atoms with Crippen LogP contribution in [0.25, 0.3) is 0 Å². The van der Waals surface area contributed by atoms with E-state index in [0.29, 0.717) is 6.54 Å². The zero-order valence-electron chi connectivity index (χ0n) is 10.3. The van der Waals surface area contributed by atoms with Gasteiger partial charge in [-0.2, -0.15) is 0 Å². The fraction of sp³-hybridized carbons (Fsp3) is 0.909. The highest BCUT2D eigenvalue weighted by atomic mass is 16.6. The van der Waals surface area contributed by atoms with Gasteiger partial charge in [0.2, 0.25) is 0 Å². The van der Waals surface area contributed by atoms with Gasteiger partial charge in [0.1, 0.15) is 5.60 Å². The Balaban J connectivity index is 2.26. The van der Waals surface area contributed by atoms with Crippen LogP contribution in [0.3, 0.4) is 0 Å². The van der Waals surface area contributed by atoms with Crippen LogP contribution in [-0.2, 0) is 4.74 Å². The molecule has 0 aliphatic carbocycles. The normalized spacial score (nSPS) is 22.1. The number of carbonyl (C=O) groups excluding carboxylic acids is 1. The van der Waals surface area contributed by atoms with Gasteiger partial charge in [0, 0.05) is 25.7 Å². The Labute approximate surface area is 96.8 Å². The minimum atomic E-state index is -0.451. The third kappa shape index (κ3) is 4.81. The van der Waals surface area contributed by atoms with Crippen LogP contribution in [-0.4, -0.2) is 54.0 Å². The molecule has 0 unspecified atom stereocenters. The second kappa shape index (κ2) is 5.50. The second-order valence-corrected chi connectivity index (χ2v) is 5.16. The SMILES string of the molecule is CC(C)(C)OC(=O)N[C@@H]1CCN(CCO)C1. The lowest BCUT2D eigenvalue weighted by Crippen LogP contribution is -2.40. The van der Waals surface area contributed by atoms with Gasteiger partial charge in [0.25, 0.3) is 0 Å². The van der Waals surface area contributed by atoms with E-state index >= 15 is 0 Å². The van der Waals surface area contributed by atoms with Gasteiger partial charge in [0.15, 0.2) is 0 Å². The number of amides is 1. The Bertz CT molecular complexity index is 238. The zero-order valence-corrected chi connectivity index (χ0v) is 10.3. The van der Waals surface area contributed by atoms with Crippen LogP contribution in [0.2, 0.25) is 0 Å². The number of carbonyl (C=O) groups is 1. The molecule has 0 spiro atoms. The van der Waals surface area contributed by atoms with Crippen molar-refractivity contribution < 1.29 is 14.6 Å². The molecule has 1 rings (SSSR count). The Morgan fingerprint density at radius 3 is 2.81 bits per heavy atom. The molecule has 5 heteroatoms. The van der Waals surface area contributed by atoms with E-state index in [0.717, 1.165) is 19.5 Å². The smallest absolute Gasteiger partial charge is 0.407 e. The van der Waals surface area contributed by atoms with Crippen molar-refractivity contribution in [3.05, 3.63) is 0 Å². The Morgan fingerprint density at radius 2 is 2.25 bits per heavy atom. The molecule has 1 aliphatic heterocycles. The van der Waals surface area contributed by atoms with E-state index in [4.69, 9.17) is 9.84 Å². The molecule has 1 atom stereocenters. The van der Waals surface area contributed by atoms with E-state index in [1.54, 1.807) is 0 Å². The maximum absolute atomic E-state index is 11.5. The number of alkyl carbamates (subject to hydrolysis) is 1. The lowest BCUT2D eigenvalue weighted by molar-refractivity contribution is 0.0505. The molecule has 0 saturated carbocycles. The summed E-state index contributed by atoms with van der Waals surface area (Å²) < 4.78 is 5.18. The molecule has 1 aliphatic rings. The molecule has 0 aromatic rings. The minimum absolute atomic E-state index is 0.140. The number of rotatable bonds is 3. The lowest BCUT2D eigenvalue weighted by atomic mass is 10.2. The maximum atomic E-state index is 11.5. The van der Waals surface area contributed by atoms with Gasteiger partial charge in [-0.05, 0) is 27.2 Å². The molecule has 5 nitrogen and oxygen atoms in total. The van der Waals surface area contributed by atoms with Gasteiger partial charge in [-0.15, -0.1) is 0 Å². The van der Waals surface area contributed by atoms with Crippen molar-refractivity contribution in [2.45, 2.75) is 38.8 Å². The number of aliphatic hydroxyl groups is 1. The predicted molar refractivity (Wildman–Crippen MR) is 61.3 cm³/mol. The number of nitrogens with one attached hydrogen (secondary N) is 1. The molecular weight excluding hydrogens is 208 g/mol. The number of ether oxygens (including phenoxy) is 1. The number of nitrogens with zero attached hydrogens (tertiary/aromatic N) is 1. The summed E-state index contributed by atoms with van der Waals surface area (Å²) in [4.78, 5) is 13.6. The first-order valence-electron chi connectivity index (χ1n) is 5.73.